The lowest BCUT2D eigenvalue weighted by atomic mass is 10.1. The van der Waals surface area contributed by atoms with Crippen LogP contribution >= 0.6 is 0 Å². The molecule has 0 saturated heterocycles. The molecule has 2 N–H and O–H groups in total. The van der Waals surface area contributed by atoms with Gasteiger partial charge in [-0.05, 0) is 23.8 Å². The van der Waals surface area contributed by atoms with Crippen molar-refractivity contribution in [3.05, 3.63) is 42.4 Å². The topological polar surface area (TPSA) is 65.5 Å². The Hall–Kier alpha value is -2.23. The van der Waals surface area contributed by atoms with E-state index in [0.717, 1.165) is 5.56 Å². The first kappa shape index (κ1) is 10.3. The van der Waals surface area contributed by atoms with Crippen LogP contribution in [0.25, 0.3) is 11.1 Å². The number of furan rings is 1. The Labute approximate surface area is 92.6 Å². The summed E-state index contributed by atoms with van der Waals surface area (Å²) in [5.41, 5.74) is 6.71. The molecule has 0 bridgehead atoms. The minimum absolute atomic E-state index is 0.160. The summed E-state index contributed by atoms with van der Waals surface area (Å²) in [6.07, 6.45) is 1.44. The fourth-order valence-corrected chi connectivity index (χ4v) is 1.52. The summed E-state index contributed by atoms with van der Waals surface area (Å²) in [6.45, 7) is 0. The van der Waals surface area contributed by atoms with Gasteiger partial charge in [0.05, 0.1) is 13.4 Å². The lowest BCUT2D eigenvalue weighted by Gasteiger charge is -2.03. The average molecular weight is 217 g/mol. The second-order valence-corrected chi connectivity index (χ2v) is 3.26. The van der Waals surface area contributed by atoms with E-state index in [1.54, 1.807) is 13.2 Å². The minimum Gasteiger partial charge on any atom is -0.497 e. The lowest BCUT2D eigenvalue weighted by molar-refractivity contribution is 0.0975. The number of rotatable bonds is 3. The Morgan fingerprint density at radius 3 is 2.88 bits per heavy atom. The van der Waals surface area contributed by atoms with Gasteiger partial charge in [0.15, 0.2) is 5.76 Å². The molecule has 2 rings (SSSR count). The summed E-state index contributed by atoms with van der Waals surface area (Å²) < 4.78 is 10.1. The number of carbonyl (C=O) groups excluding carboxylic acids is 1. The van der Waals surface area contributed by atoms with Gasteiger partial charge >= 0.3 is 0 Å². The normalized spacial score (nSPS) is 10.1. The molecule has 82 valence electrons. The largest absolute Gasteiger partial charge is 0.497 e. The monoisotopic (exact) mass is 217 g/mol. The van der Waals surface area contributed by atoms with Crippen molar-refractivity contribution in [2.24, 2.45) is 5.73 Å². The van der Waals surface area contributed by atoms with Crippen molar-refractivity contribution in [1.29, 1.82) is 0 Å². The summed E-state index contributed by atoms with van der Waals surface area (Å²) in [5.74, 6) is 0.296. The highest BCUT2D eigenvalue weighted by Crippen LogP contribution is 2.27. The minimum atomic E-state index is -0.581. The SMILES string of the molecule is COc1cccc(-c2ccoc2C(N)=O)c1. The van der Waals surface area contributed by atoms with Crippen molar-refractivity contribution in [1.82, 2.24) is 0 Å². The van der Waals surface area contributed by atoms with Gasteiger partial charge in [-0.25, -0.2) is 0 Å². The Bertz CT molecular complexity index is 516. The van der Waals surface area contributed by atoms with Crippen molar-refractivity contribution in [3.8, 4) is 16.9 Å². The maximum absolute atomic E-state index is 11.1. The molecule has 1 heterocycles. The van der Waals surface area contributed by atoms with Crippen molar-refractivity contribution in [3.63, 3.8) is 0 Å². The molecule has 0 unspecified atom stereocenters. The van der Waals surface area contributed by atoms with Crippen molar-refractivity contribution >= 4 is 5.91 Å². The second-order valence-electron chi connectivity index (χ2n) is 3.26. The van der Waals surface area contributed by atoms with E-state index in [1.165, 1.54) is 6.26 Å². The number of hydrogen-bond donors (Lipinski definition) is 1. The fraction of sp³-hybridized carbons (Fsp3) is 0.0833. The summed E-state index contributed by atoms with van der Waals surface area (Å²) in [4.78, 5) is 11.1. The van der Waals surface area contributed by atoms with Crippen LogP contribution in [0.3, 0.4) is 0 Å². The van der Waals surface area contributed by atoms with Gasteiger partial charge in [-0.15, -0.1) is 0 Å². The number of ether oxygens (including phenoxy) is 1. The zero-order valence-electron chi connectivity index (χ0n) is 8.77. The van der Waals surface area contributed by atoms with Crippen LogP contribution in [-0.4, -0.2) is 13.0 Å². The highest BCUT2D eigenvalue weighted by molar-refractivity contribution is 5.97. The molecule has 0 spiro atoms. The van der Waals surface area contributed by atoms with Crippen molar-refractivity contribution < 1.29 is 13.9 Å². The molecule has 1 aromatic carbocycles. The van der Waals surface area contributed by atoms with E-state index in [2.05, 4.69) is 0 Å². The number of primary amides is 1. The number of benzene rings is 1. The van der Waals surface area contributed by atoms with E-state index in [-0.39, 0.29) is 5.76 Å². The van der Waals surface area contributed by atoms with Gasteiger partial charge in [0.25, 0.3) is 5.91 Å². The molecule has 1 aromatic heterocycles. The Balaban J connectivity index is 2.50. The van der Waals surface area contributed by atoms with Crippen LogP contribution in [0.2, 0.25) is 0 Å². The zero-order chi connectivity index (χ0) is 11.5. The van der Waals surface area contributed by atoms with E-state index in [1.807, 2.05) is 24.3 Å². The van der Waals surface area contributed by atoms with E-state index in [0.29, 0.717) is 11.3 Å². The second kappa shape index (κ2) is 4.10. The molecule has 0 aliphatic rings. The first-order chi connectivity index (χ1) is 7.72. The number of carbonyl (C=O) groups is 1. The number of hydrogen-bond acceptors (Lipinski definition) is 3. The van der Waals surface area contributed by atoms with Crippen molar-refractivity contribution in [2.75, 3.05) is 7.11 Å². The van der Waals surface area contributed by atoms with Crippen molar-refractivity contribution in [2.45, 2.75) is 0 Å². The maximum Gasteiger partial charge on any atom is 0.285 e. The molecular weight excluding hydrogens is 206 g/mol. The molecule has 1 amide bonds. The Morgan fingerprint density at radius 2 is 2.19 bits per heavy atom. The van der Waals surface area contributed by atoms with Gasteiger partial charge in [0.1, 0.15) is 5.75 Å². The Kier molecular flexibility index (Phi) is 2.64. The van der Waals surface area contributed by atoms with Crippen LogP contribution in [0.5, 0.6) is 5.75 Å². The van der Waals surface area contributed by atoms with Gasteiger partial charge in [0, 0.05) is 5.56 Å². The van der Waals surface area contributed by atoms with E-state index < -0.39 is 5.91 Å². The number of nitrogens with two attached hydrogens (primary N) is 1. The van der Waals surface area contributed by atoms with Gasteiger partial charge in [-0.1, -0.05) is 12.1 Å². The van der Waals surface area contributed by atoms with Gasteiger partial charge in [-0.3, -0.25) is 4.79 Å². The van der Waals surface area contributed by atoms with Crippen LogP contribution in [0.15, 0.2) is 41.0 Å². The highest BCUT2D eigenvalue weighted by Gasteiger charge is 2.13. The third kappa shape index (κ3) is 1.77. The van der Waals surface area contributed by atoms with Gasteiger partial charge in [0.2, 0.25) is 0 Å². The van der Waals surface area contributed by atoms with Crippen LogP contribution in [0.1, 0.15) is 10.6 Å². The molecule has 0 radical (unpaired) electrons. The zero-order valence-corrected chi connectivity index (χ0v) is 8.77. The average Bonchev–Trinajstić information content (AvgIpc) is 2.78. The molecule has 0 aliphatic carbocycles. The van der Waals surface area contributed by atoms with Crippen LogP contribution in [0, 0.1) is 0 Å². The first-order valence-corrected chi connectivity index (χ1v) is 4.74. The number of amides is 1. The molecule has 16 heavy (non-hydrogen) atoms. The smallest absolute Gasteiger partial charge is 0.285 e. The summed E-state index contributed by atoms with van der Waals surface area (Å²) in [5, 5.41) is 0. The molecule has 0 atom stereocenters. The summed E-state index contributed by atoms with van der Waals surface area (Å²) in [6, 6.07) is 9.05. The molecule has 2 aromatic rings. The summed E-state index contributed by atoms with van der Waals surface area (Å²) >= 11 is 0. The predicted octanol–water partition coefficient (Wildman–Crippen LogP) is 2.05. The third-order valence-corrected chi connectivity index (χ3v) is 2.27. The fourth-order valence-electron chi connectivity index (χ4n) is 1.52. The van der Waals surface area contributed by atoms with Crippen LogP contribution in [-0.2, 0) is 0 Å². The summed E-state index contributed by atoms with van der Waals surface area (Å²) in [7, 11) is 1.59. The molecule has 0 fully saturated rings. The molecule has 4 heteroatoms. The Morgan fingerprint density at radius 1 is 1.38 bits per heavy atom. The highest BCUT2D eigenvalue weighted by atomic mass is 16.5. The molecule has 0 aliphatic heterocycles. The van der Waals surface area contributed by atoms with Gasteiger partial charge < -0.3 is 14.9 Å². The van der Waals surface area contributed by atoms with E-state index in [4.69, 9.17) is 14.9 Å². The maximum atomic E-state index is 11.1. The first-order valence-electron chi connectivity index (χ1n) is 4.74. The standard InChI is InChI=1S/C12H11NO3/c1-15-9-4-2-3-8(7-9)10-5-6-16-11(10)12(13)14/h2-7H,1H3,(H2,13,14). The van der Waals surface area contributed by atoms with Crippen LogP contribution in [0.4, 0.5) is 0 Å². The van der Waals surface area contributed by atoms with Gasteiger partial charge in [-0.2, -0.15) is 0 Å². The van der Waals surface area contributed by atoms with E-state index >= 15 is 0 Å². The molecule has 0 saturated carbocycles. The number of methoxy groups -OCH3 is 1. The molecular formula is C12H11NO3. The predicted molar refractivity (Wildman–Crippen MR) is 59.2 cm³/mol. The third-order valence-electron chi connectivity index (χ3n) is 2.27. The quantitative estimate of drug-likeness (QED) is 0.855. The van der Waals surface area contributed by atoms with Crippen LogP contribution < -0.4 is 10.5 Å². The molecule has 4 nitrogen and oxygen atoms in total. The van der Waals surface area contributed by atoms with E-state index in [9.17, 15) is 4.79 Å². The lowest BCUT2D eigenvalue weighted by Crippen LogP contribution is -2.10.